The van der Waals surface area contributed by atoms with E-state index in [0.717, 1.165) is 72.1 Å². The summed E-state index contributed by atoms with van der Waals surface area (Å²) in [5.41, 5.74) is 3.70. The van der Waals surface area contributed by atoms with Crippen molar-refractivity contribution in [2.75, 3.05) is 53.7 Å². The van der Waals surface area contributed by atoms with Crippen LogP contribution in [0.4, 0.5) is 23.1 Å². The van der Waals surface area contributed by atoms with Gasteiger partial charge in [0.15, 0.2) is 0 Å². The molecule has 2 aliphatic heterocycles. The first-order chi connectivity index (χ1) is 16.6. The van der Waals surface area contributed by atoms with Crippen LogP contribution in [0, 0.1) is 0 Å². The molecule has 1 aromatic heterocycles. The molecule has 7 nitrogen and oxygen atoms in total. The lowest BCUT2D eigenvalue weighted by Gasteiger charge is -2.36. The number of piperazine rings is 1. The normalized spacial score (nSPS) is 15.2. The smallest absolute Gasteiger partial charge is 0.338 e. The summed E-state index contributed by atoms with van der Waals surface area (Å²) >= 11 is 7.97. The van der Waals surface area contributed by atoms with Crippen LogP contribution in [0.1, 0.15) is 23.0 Å². The molecule has 0 saturated carbocycles. The van der Waals surface area contributed by atoms with Crippen LogP contribution in [0.15, 0.2) is 53.4 Å². The molecule has 34 heavy (non-hydrogen) atoms. The molecule has 5 rings (SSSR count). The predicted molar refractivity (Wildman–Crippen MR) is 138 cm³/mol. The summed E-state index contributed by atoms with van der Waals surface area (Å²) in [6.45, 7) is 5.54. The number of benzene rings is 2. The van der Waals surface area contributed by atoms with Crippen molar-refractivity contribution in [3.8, 4) is 0 Å². The average molecular weight is 496 g/mol. The van der Waals surface area contributed by atoms with E-state index in [1.165, 1.54) is 0 Å². The van der Waals surface area contributed by atoms with Crippen molar-refractivity contribution in [1.29, 1.82) is 0 Å². The lowest BCUT2D eigenvalue weighted by molar-refractivity contribution is 0.0526. The predicted octanol–water partition coefficient (Wildman–Crippen LogP) is 5.03. The molecular formula is C25H26ClN5O2S. The summed E-state index contributed by atoms with van der Waals surface area (Å²) in [5.74, 6) is 2.35. The number of carbonyl (C=O) groups is 1. The van der Waals surface area contributed by atoms with E-state index >= 15 is 0 Å². The summed E-state index contributed by atoms with van der Waals surface area (Å²) in [6.07, 6.45) is 0.951. The van der Waals surface area contributed by atoms with Crippen molar-refractivity contribution in [3.05, 3.63) is 64.8 Å². The van der Waals surface area contributed by atoms with E-state index in [9.17, 15) is 4.79 Å². The zero-order valence-electron chi connectivity index (χ0n) is 19.0. The maximum absolute atomic E-state index is 11.9. The number of ether oxygens (including phenoxy) is 1. The Morgan fingerprint density at radius 1 is 1.09 bits per heavy atom. The minimum Gasteiger partial charge on any atom is -0.462 e. The highest BCUT2D eigenvalue weighted by Gasteiger charge is 2.25. The van der Waals surface area contributed by atoms with Crippen LogP contribution in [0.2, 0.25) is 5.02 Å². The largest absolute Gasteiger partial charge is 0.462 e. The van der Waals surface area contributed by atoms with Gasteiger partial charge in [-0.05, 0) is 49.4 Å². The Morgan fingerprint density at radius 3 is 2.59 bits per heavy atom. The summed E-state index contributed by atoms with van der Waals surface area (Å²) in [7, 11) is 0. The lowest BCUT2D eigenvalue weighted by atomic mass is 10.2. The van der Waals surface area contributed by atoms with E-state index in [-0.39, 0.29) is 5.97 Å². The standard InChI is InChI=1S/C25H26ClN5O2S/c1-2-33-24(32)17-6-8-20(9-7-17)30-11-13-31(14-12-30)25-28-21-10-15-34-22(21)23(29-25)27-19-5-3-4-18(26)16-19/h3-9,16H,2,10-15H2,1H3,(H,27,28,29). The zero-order chi connectivity index (χ0) is 23.5. The highest BCUT2D eigenvalue weighted by Crippen LogP contribution is 2.38. The van der Waals surface area contributed by atoms with E-state index in [2.05, 4.69) is 15.1 Å². The Hall–Kier alpha value is -2.97. The number of anilines is 4. The minimum absolute atomic E-state index is 0.284. The molecule has 0 atom stereocenters. The molecule has 1 N–H and O–H groups in total. The number of nitrogens with one attached hydrogen (secondary N) is 1. The van der Waals surface area contributed by atoms with Gasteiger partial charge in [0.2, 0.25) is 5.95 Å². The molecular weight excluding hydrogens is 470 g/mol. The fourth-order valence-electron chi connectivity index (χ4n) is 4.17. The molecule has 0 aliphatic carbocycles. The number of fused-ring (bicyclic) bond motifs is 1. The van der Waals surface area contributed by atoms with Gasteiger partial charge in [0.05, 0.1) is 22.8 Å². The Kier molecular flexibility index (Phi) is 6.78. The van der Waals surface area contributed by atoms with Crippen LogP contribution in [-0.2, 0) is 11.2 Å². The van der Waals surface area contributed by atoms with E-state index in [0.29, 0.717) is 17.2 Å². The van der Waals surface area contributed by atoms with Crippen molar-refractivity contribution in [1.82, 2.24) is 9.97 Å². The molecule has 1 fully saturated rings. The van der Waals surface area contributed by atoms with Crippen LogP contribution in [0.5, 0.6) is 0 Å². The van der Waals surface area contributed by atoms with Crippen LogP contribution in [0.25, 0.3) is 0 Å². The third kappa shape index (κ3) is 4.93. The summed E-state index contributed by atoms with van der Waals surface area (Å²) in [5, 5.41) is 4.14. The number of hydrogen-bond acceptors (Lipinski definition) is 8. The Morgan fingerprint density at radius 2 is 1.85 bits per heavy atom. The Labute approximate surface area is 208 Å². The number of aromatic nitrogens is 2. The van der Waals surface area contributed by atoms with Crippen molar-refractivity contribution in [2.24, 2.45) is 0 Å². The van der Waals surface area contributed by atoms with Crippen molar-refractivity contribution in [2.45, 2.75) is 18.2 Å². The molecule has 2 aromatic carbocycles. The Bertz CT molecular complexity index is 1180. The van der Waals surface area contributed by atoms with Gasteiger partial charge in [-0.1, -0.05) is 17.7 Å². The van der Waals surface area contributed by atoms with Gasteiger partial charge in [0.1, 0.15) is 5.82 Å². The SMILES string of the molecule is CCOC(=O)c1ccc(N2CCN(c3nc4c(c(Nc5cccc(Cl)c5)n3)SCC4)CC2)cc1. The number of esters is 1. The maximum Gasteiger partial charge on any atom is 0.338 e. The van der Waals surface area contributed by atoms with Gasteiger partial charge in [-0.2, -0.15) is 4.98 Å². The highest BCUT2D eigenvalue weighted by atomic mass is 35.5. The number of nitrogens with zero attached hydrogens (tertiary/aromatic N) is 4. The Balaban J connectivity index is 1.29. The van der Waals surface area contributed by atoms with Crippen molar-refractivity contribution < 1.29 is 9.53 Å². The molecule has 2 aliphatic rings. The summed E-state index contributed by atoms with van der Waals surface area (Å²) < 4.78 is 5.07. The minimum atomic E-state index is -0.284. The summed E-state index contributed by atoms with van der Waals surface area (Å²) in [6, 6.07) is 15.3. The fraction of sp³-hybridized carbons (Fsp3) is 0.320. The first-order valence-electron chi connectivity index (χ1n) is 11.4. The maximum atomic E-state index is 11.9. The van der Waals surface area contributed by atoms with Gasteiger partial charge >= 0.3 is 5.97 Å². The molecule has 0 amide bonds. The second kappa shape index (κ2) is 10.1. The number of aryl methyl sites for hydroxylation is 1. The molecule has 0 unspecified atom stereocenters. The van der Waals surface area contributed by atoms with Crippen LogP contribution in [-0.4, -0.2) is 54.5 Å². The van der Waals surface area contributed by atoms with Crippen molar-refractivity contribution >= 4 is 52.5 Å². The first-order valence-corrected chi connectivity index (χ1v) is 12.8. The van der Waals surface area contributed by atoms with E-state index in [1.54, 1.807) is 11.8 Å². The van der Waals surface area contributed by atoms with Crippen LogP contribution >= 0.6 is 23.4 Å². The van der Waals surface area contributed by atoms with Gasteiger partial charge < -0.3 is 19.9 Å². The van der Waals surface area contributed by atoms with E-state index in [4.69, 9.17) is 26.3 Å². The number of thioether (sulfide) groups is 1. The van der Waals surface area contributed by atoms with Crippen LogP contribution < -0.4 is 15.1 Å². The van der Waals surface area contributed by atoms with E-state index < -0.39 is 0 Å². The lowest BCUT2D eigenvalue weighted by Crippen LogP contribution is -2.47. The van der Waals surface area contributed by atoms with Gasteiger partial charge in [0.25, 0.3) is 0 Å². The summed E-state index contributed by atoms with van der Waals surface area (Å²) in [4.78, 5) is 27.4. The molecule has 9 heteroatoms. The van der Waals surface area contributed by atoms with Gasteiger partial charge in [-0.25, -0.2) is 9.78 Å². The number of rotatable bonds is 6. The first kappa shape index (κ1) is 22.8. The number of halogens is 1. The average Bonchev–Trinajstić information content (AvgIpc) is 3.34. The fourth-order valence-corrected chi connectivity index (χ4v) is 5.41. The van der Waals surface area contributed by atoms with Crippen LogP contribution in [0.3, 0.4) is 0 Å². The second-order valence-electron chi connectivity index (χ2n) is 8.12. The number of hydrogen-bond donors (Lipinski definition) is 1. The molecule has 0 bridgehead atoms. The third-order valence-corrected chi connectivity index (χ3v) is 7.26. The van der Waals surface area contributed by atoms with E-state index in [1.807, 2.05) is 55.5 Å². The topological polar surface area (TPSA) is 70.6 Å². The quantitative estimate of drug-likeness (QED) is 0.478. The molecule has 176 valence electrons. The van der Waals surface area contributed by atoms with Gasteiger partial charge in [0, 0.05) is 54.8 Å². The molecule has 0 radical (unpaired) electrons. The van der Waals surface area contributed by atoms with Gasteiger partial charge in [-0.15, -0.1) is 11.8 Å². The molecule has 0 spiro atoms. The number of carbonyl (C=O) groups excluding carboxylic acids is 1. The molecule has 3 heterocycles. The zero-order valence-corrected chi connectivity index (χ0v) is 20.5. The second-order valence-corrected chi connectivity index (χ2v) is 9.66. The molecule has 1 saturated heterocycles. The monoisotopic (exact) mass is 495 g/mol. The highest BCUT2D eigenvalue weighted by molar-refractivity contribution is 7.99. The van der Waals surface area contributed by atoms with Crippen molar-refractivity contribution in [3.63, 3.8) is 0 Å². The molecule has 3 aromatic rings. The van der Waals surface area contributed by atoms with Gasteiger partial charge in [-0.3, -0.25) is 0 Å². The third-order valence-electron chi connectivity index (χ3n) is 5.90.